The van der Waals surface area contributed by atoms with Gasteiger partial charge in [-0.2, -0.15) is 0 Å². The summed E-state index contributed by atoms with van der Waals surface area (Å²) in [6.07, 6.45) is 3.94. The highest BCUT2D eigenvalue weighted by atomic mass is 16.3. The van der Waals surface area contributed by atoms with Crippen LogP contribution in [0.3, 0.4) is 0 Å². The molecule has 2 spiro atoms. The van der Waals surface area contributed by atoms with Gasteiger partial charge in [0.15, 0.2) is 5.58 Å². The van der Waals surface area contributed by atoms with E-state index in [1.54, 1.807) is 0 Å². The van der Waals surface area contributed by atoms with Gasteiger partial charge in [-0.1, -0.05) is 164 Å². The molecule has 0 radical (unpaired) electrons. The number of aromatic nitrogens is 2. The van der Waals surface area contributed by atoms with Gasteiger partial charge >= 0.3 is 0 Å². The fraction of sp³-hybridized carbons (Fsp3) is 0.0303. The van der Waals surface area contributed by atoms with Gasteiger partial charge in [0.2, 0.25) is 0 Å². The third-order valence-electron chi connectivity index (χ3n) is 15.9. The smallest absolute Gasteiger partial charge is 0.159 e. The van der Waals surface area contributed by atoms with Crippen molar-refractivity contribution in [2.75, 3.05) is 9.80 Å². The van der Waals surface area contributed by atoms with Crippen LogP contribution in [0.1, 0.15) is 44.5 Å². The molecule has 0 saturated heterocycles. The molecule has 5 heteroatoms. The van der Waals surface area contributed by atoms with Crippen molar-refractivity contribution in [1.82, 2.24) is 9.97 Å². The molecule has 0 fully saturated rings. The van der Waals surface area contributed by atoms with E-state index in [0.29, 0.717) is 0 Å². The number of fused-ring (bicyclic) bond motifs is 22. The van der Waals surface area contributed by atoms with Gasteiger partial charge in [0.05, 0.1) is 51.2 Å². The Morgan fingerprint density at radius 1 is 0.380 bits per heavy atom. The number of hydrogen-bond donors (Lipinski definition) is 0. The van der Waals surface area contributed by atoms with E-state index >= 15 is 0 Å². The lowest BCUT2D eigenvalue weighted by Crippen LogP contribution is -2.37. The van der Waals surface area contributed by atoms with Crippen molar-refractivity contribution in [3.8, 4) is 33.6 Å². The van der Waals surface area contributed by atoms with Crippen molar-refractivity contribution in [2.24, 2.45) is 0 Å². The van der Waals surface area contributed by atoms with Crippen molar-refractivity contribution in [2.45, 2.75) is 10.8 Å². The molecule has 1 unspecified atom stereocenters. The van der Waals surface area contributed by atoms with E-state index in [0.717, 1.165) is 78.6 Å². The lowest BCUT2D eigenvalue weighted by molar-refractivity contribution is 0.669. The number of furan rings is 1. The number of hydrogen-bond acceptors (Lipinski definition) is 5. The molecule has 0 N–H and O–H groups in total. The molecule has 0 amide bonds. The quantitative estimate of drug-likeness (QED) is 0.176. The van der Waals surface area contributed by atoms with Gasteiger partial charge < -0.3 is 14.2 Å². The highest BCUT2D eigenvalue weighted by molar-refractivity contribution is 6.10. The van der Waals surface area contributed by atoms with E-state index in [-0.39, 0.29) is 0 Å². The van der Waals surface area contributed by atoms with Crippen LogP contribution in [0.5, 0.6) is 0 Å². The normalized spacial score (nSPS) is 15.7. The largest absolute Gasteiger partial charge is 0.454 e. The summed E-state index contributed by atoms with van der Waals surface area (Å²) >= 11 is 0. The summed E-state index contributed by atoms with van der Waals surface area (Å²) in [6, 6.07) is 84.4. The molecule has 0 bridgehead atoms. The summed E-state index contributed by atoms with van der Waals surface area (Å²) in [5.74, 6) is 0. The van der Waals surface area contributed by atoms with Crippen LogP contribution in [0.15, 0.2) is 247 Å². The van der Waals surface area contributed by atoms with Gasteiger partial charge in [-0.25, -0.2) is 0 Å². The molecule has 71 heavy (non-hydrogen) atoms. The highest BCUT2D eigenvalue weighted by Gasteiger charge is 2.57. The predicted molar refractivity (Wildman–Crippen MR) is 286 cm³/mol. The van der Waals surface area contributed by atoms with Crippen LogP contribution in [0, 0.1) is 0 Å². The Morgan fingerprint density at radius 2 is 0.972 bits per heavy atom. The van der Waals surface area contributed by atoms with Crippen LogP contribution in [-0.4, -0.2) is 9.97 Å². The summed E-state index contributed by atoms with van der Waals surface area (Å²) in [5, 5.41) is 2.15. The first-order chi connectivity index (χ1) is 35.2. The minimum atomic E-state index is -0.835. The standard InChI is InChI=1S/C66H40N4O/c1-3-19-41(20-4-1)69(59-34-17-27-48-47-26-10-16-35-61(47)71-64(48)59)43-37-57-63(68-40-43)62-54(32-18-36-67-62)66(57)53-31-14-15-33-58(53)70(42-21-5-2-6-22-42)60-39-55-49(38-56(60)66)46-25-9-13-30-52(46)65(55)50-28-11-7-23-44(50)45-24-8-12-29-51(45)65/h1-40H. The number of para-hydroxylation sites is 5. The summed E-state index contributed by atoms with van der Waals surface area (Å²) in [5.41, 5.74) is 23.1. The van der Waals surface area contributed by atoms with Crippen molar-refractivity contribution >= 4 is 56.1 Å². The molecule has 4 heterocycles. The van der Waals surface area contributed by atoms with E-state index < -0.39 is 10.8 Å². The lowest BCUT2D eigenvalue weighted by atomic mass is 9.63. The topological polar surface area (TPSA) is 45.4 Å². The number of rotatable bonds is 4. The molecule has 0 saturated carbocycles. The second kappa shape index (κ2) is 14.1. The molecule has 9 aromatic carbocycles. The van der Waals surface area contributed by atoms with Crippen molar-refractivity contribution < 1.29 is 4.42 Å². The van der Waals surface area contributed by atoms with E-state index in [9.17, 15) is 0 Å². The van der Waals surface area contributed by atoms with Crippen LogP contribution < -0.4 is 9.80 Å². The zero-order valence-corrected chi connectivity index (χ0v) is 38.3. The average Bonchev–Trinajstić information content (AvgIpc) is 4.15. The van der Waals surface area contributed by atoms with Crippen molar-refractivity contribution in [1.29, 1.82) is 0 Å². The Kier molecular flexibility index (Phi) is 7.69. The summed E-state index contributed by atoms with van der Waals surface area (Å²) < 4.78 is 6.78. The average molecular weight is 905 g/mol. The minimum absolute atomic E-state index is 0.531. The first-order valence-electron chi connectivity index (χ1n) is 24.4. The summed E-state index contributed by atoms with van der Waals surface area (Å²) in [4.78, 5) is 15.6. The molecule has 330 valence electrons. The number of anilines is 6. The van der Waals surface area contributed by atoms with Crippen LogP contribution in [0.2, 0.25) is 0 Å². The van der Waals surface area contributed by atoms with E-state index in [2.05, 4.69) is 234 Å². The van der Waals surface area contributed by atoms with Crippen LogP contribution >= 0.6 is 0 Å². The molecule has 12 aromatic rings. The van der Waals surface area contributed by atoms with Crippen LogP contribution in [-0.2, 0) is 10.8 Å². The van der Waals surface area contributed by atoms with Gasteiger partial charge in [-0.3, -0.25) is 9.97 Å². The maximum Gasteiger partial charge on any atom is 0.159 e. The highest BCUT2D eigenvalue weighted by Crippen LogP contribution is 2.68. The van der Waals surface area contributed by atoms with E-state index in [1.165, 1.54) is 55.6 Å². The van der Waals surface area contributed by atoms with Crippen molar-refractivity contribution in [3.05, 3.63) is 287 Å². The molecule has 4 aliphatic rings. The molecular formula is C66H40N4O. The van der Waals surface area contributed by atoms with Crippen LogP contribution in [0.25, 0.3) is 55.6 Å². The minimum Gasteiger partial charge on any atom is -0.454 e. The van der Waals surface area contributed by atoms with Crippen molar-refractivity contribution in [3.63, 3.8) is 0 Å². The first-order valence-corrected chi connectivity index (χ1v) is 24.4. The molecule has 1 atom stereocenters. The molecular weight excluding hydrogens is 865 g/mol. The fourth-order valence-electron chi connectivity index (χ4n) is 13.3. The second-order valence-corrected chi connectivity index (χ2v) is 19.2. The number of benzene rings is 9. The predicted octanol–water partition coefficient (Wildman–Crippen LogP) is 16.3. The number of nitrogens with zero attached hydrogens (tertiary/aromatic N) is 4. The molecule has 16 rings (SSSR count). The van der Waals surface area contributed by atoms with Gasteiger partial charge in [-0.15, -0.1) is 0 Å². The van der Waals surface area contributed by atoms with E-state index in [1.807, 2.05) is 18.5 Å². The maximum absolute atomic E-state index is 6.78. The Balaban J connectivity index is 1.03. The Hall–Kier alpha value is -9.32. The van der Waals surface area contributed by atoms with E-state index in [4.69, 9.17) is 14.4 Å². The summed E-state index contributed by atoms with van der Waals surface area (Å²) in [6.45, 7) is 0. The maximum atomic E-state index is 6.78. The van der Waals surface area contributed by atoms with Gasteiger partial charge in [0.25, 0.3) is 0 Å². The van der Waals surface area contributed by atoms with Crippen LogP contribution in [0.4, 0.5) is 34.1 Å². The third kappa shape index (κ3) is 4.84. The Morgan fingerprint density at radius 3 is 1.73 bits per heavy atom. The van der Waals surface area contributed by atoms with Gasteiger partial charge in [0, 0.05) is 33.9 Å². The number of pyridine rings is 2. The zero-order valence-electron chi connectivity index (χ0n) is 38.3. The third-order valence-corrected chi connectivity index (χ3v) is 15.9. The summed E-state index contributed by atoms with van der Waals surface area (Å²) in [7, 11) is 0. The second-order valence-electron chi connectivity index (χ2n) is 19.2. The monoisotopic (exact) mass is 904 g/mol. The molecule has 3 aromatic heterocycles. The molecule has 3 aliphatic carbocycles. The fourth-order valence-corrected chi connectivity index (χ4v) is 13.3. The first kappa shape index (κ1) is 38.6. The Bertz CT molecular complexity index is 4170. The molecule has 1 aliphatic heterocycles. The molecule has 5 nitrogen and oxygen atoms in total. The zero-order chi connectivity index (χ0) is 46.4. The lowest BCUT2D eigenvalue weighted by Gasteiger charge is -2.45. The van der Waals surface area contributed by atoms with Gasteiger partial charge in [-0.05, 0) is 128 Å². The van der Waals surface area contributed by atoms with Gasteiger partial charge in [0.1, 0.15) is 5.58 Å². The SMILES string of the molecule is c1ccc(N2c3ccccc3C3(c4cc5c(cc42)C2(c4ccccc4-c4ccccc42)c2ccccc2-5)c2cccnc2-c2ncc(N(c4ccccc4)c4cccc5c4oc4ccccc45)cc23)cc1. The Labute approximate surface area is 410 Å².